The molecule has 2 rings (SSSR count). The van der Waals surface area contributed by atoms with Crippen LogP contribution in [0.3, 0.4) is 0 Å². The van der Waals surface area contributed by atoms with Crippen LogP contribution in [0.1, 0.15) is 5.56 Å². The van der Waals surface area contributed by atoms with Crippen molar-refractivity contribution < 1.29 is 13.2 Å². The second-order valence-corrected chi connectivity index (χ2v) is 4.57. The third kappa shape index (κ3) is 2.23. The van der Waals surface area contributed by atoms with Gasteiger partial charge in [-0.1, -0.05) is 12.1 Å². The van der Waals surface area contributed by atoms with Crippen LogP contribution in [0.25, 0.3) is 10.1 Å². The van der Waals surface area contributed by atoms with Crippen LogP contribution in [0.5, 0.6) is 0 Å². The van der Waals surface area contributed by atoms with E-state index in [1.54, 1.807) is 17.5 Å². The SMILES string of the molecule is O=S([O-])NCc1csc2c(F)cccc12. The lowest BCUT2D eigenvalue weighted by molar-refractivity contribution is 0.523. The van der Waals surface area contributed by atoms with Crippen LogP contribution < -0.4 is 4.72 Å². The number of rotatable bonds is 3. The highest BCUT2D eigenvalue weighted by Gasteiger charge is 2.06. The molecule has 1 atom stereocenters. The minimum absolute atomic E-state index is 0.194. The molecule has 0 spiro atoms. The topological polar surface area (TPSA) is 52.2 Å². The van der Waals surface area contributed by atoms with Gasteiger partial charge < -0.3 is 4.55 Å². The fraction of sp³-hybridized carbons (Fsp3) is 0.111. The molecule has 15 heavy (non-hydrogen) atoms. The van der Waals surface area contributed by atoms with Gasteiger partial charge in [-0.25, -0.2) is 9.11 Å². The van der Waals surface area contributed by atoms with Gasteiger partial charge in [0, 0.05) is 17.8 Å². The molecule has 0 saturated carbocycles. The molecule has 0 aliphatic carbocycles. The lowest BCUT2D eigenvalue weighted by Crippen LogP contribution is -2.15. The summed E-state index contributed by atoms with van der Waals surface area (Å²) in [5.41, 5.74) is 0.790. The van der Waals surface area contributed by atoms with Crippen molar-refractivity contribution in [3.63, 3.8) is 0 Å². The van der Waals surface area contributed by atoms with E-state index in [9.17, 15) is 13.2 Å². The number of thiophene rings is 1. The van der Waals surface area contributed by atoms with Gasteiger partial charge in [0.1, 0.15) is 5.82 Å². The summed E-state index contributed by atoms with van der Waals surface area (Å²) in [5.74, 6) is -0.271. The minimum atomic E-state index is -2.29. The molecule has 0 amide bonds. The highest BCUT2D eigenvalue weighted by molar-refractivity contribution is 7.77. The van der Waals surface area contributed by atoms with E-state index in [1.165, 1.54) is 17.4 Å². The van der Waals surface area contributed by atoms with E-state index >= 15 is 0 Å². The molecular weight excluding hydrogens is 237 g/mol. The lowest BCUT2D eigenvalue weighted by Gasteiger charge is -2.05. The predicted octanol–water partition coefficient (Wildman–Crippen LogP) is 1.92. The number of benzene rings is 1. The Morgan fingerprint density at radius 2 is 2.33 bits per heavy atom. The first-order valence-corrected chi connectivity index (χ1v) is 6.11. The number of nitrogens with one attached hydrogen (secondary N) is 1. The van der Waals surface area contributed by atoms with Gasteiger partial charge in [-0.15, -0.1) is 11.3 Å². The average molecular weight is 244 g/mol. The minimum Gasteiger partial charge on any atom is -0.760 e. The van der Waals surface area contributed by atoms with Gasteiger partial charge in [0.15, 0.2) is 0 Å². The summed E-state index contributed by atoms with van der Waals surface area (Å²) < 4.78 is 36.7. The first-order valence-electron chi connectivity index (χ1n) is 4.16. The number of hydrogen-bond acceptors (Lipinski definition) is 3. The summed E-state index contributed by atoms with van der Waals surface area (Å²) in [6.45, 7) is 0.194. The van der Waals surface area contributed by atoms with Crippen LogP contribution in [0, 0.1) is 5.82 Å². The maximum Gasteiger partial charge on any atom is 0.140 e. The molecule has 0 saturated heterocycles. The molecule has 1 aromatic carbocycles. The highest BCUT2D eigenvalue weighted by atomic mass is 32.2. The van der Waals surface area contributed by atoms with Gasteiger partial charge in [0.05, 0.1) is 4.70 Å². The summed E-state index contributed by atoms with van der Waals surface area (Å²) in [6, 6.07) is 4.78. The van der Waals surface area contributed by atoms with Gasteiger partial charge in [-0.3, -0.25) is 4.21 Å². The number of halogens is 1. The monoisotopic (exact) mass is 244 g/mol. The average Bonchev–Trinajstić information content (AvgIpc) is 2.59. The van der Waals surface area contributed by atoms with Crippen LogP contribution >= 0.6 is 11.3 Å². The maximum atomic E-state index is 13.3. The van der Waals surface area contributed by atoms with E-state index in [1.807, 2.05) is 0 Å². The predicted molar refractivity (Wildman–Crippen MR) is 57.5 cm³/mol. The van der Waals surface area contributed by atoms with Crippen molar-refractivity contribution in [3.8, 4) is 0 Å². The second-order valence-electron chi connectivity index (χ2n) is 2.93. The maximum absolute atomic E-state index is 13.3. The van der Waals surface area contributed by atoms with E-state index < -0.39 is 11.3 Å². The molecule has 1 unspecified atom stereocenters. The highest BCUT2D eigenvalue weighted by Crippen LogP contribution is 2.27. The van der Waals surface area contributed by atoms with Crippen LogP contribution in [0.15, 0.2) is 23.6 Å². The Balaban J connectivity index is 2.37. The molecule has 1 heterocycles. The van der Waals surface area contributed by atoms with E-state index in [0.717, 1.165) is 10.9 Å². The summed E-state index contributed by atoms with van der Waals surface area (Å²) in [4.78, 5) is 0. The van der Waals surface area contributed by atoms with Crippen molar-refractivity contribution in [2.75, 3.05) is 0 Å². The van der Waals surface area contributed by atoms with E-state index in [2.05, 4.69) is 4.72 Å². The molecule has 0 aliphatic heterocycles. The Morgan fingerprint density at radius 1 is 1.53 bits per heavy atom. The molecule has 0 radical (unpaired) electrons. The van der Waals surface area contributed by atoms with Crippen molar-refractivity contribution in [1.29, 1.82) is 0 Å². The largest absolute Gasteiger partial charge is 0.760 e. The van der Waals surface area contributed by atoms with Gasteiger partial charge in [-0.2, -0.15) is 0 Å². The third-order valence-corrected chi connectivity index (χ3v) is 3.45. The Morgan fingerprint density at radius 3 is 3.07 bits per heavy atom. The quantitative estimate of drug-likeness (QED) is 0.839. The Kier molecular flexibility index (Phi) is 3.11. The fourth-order valence-corrected chi connectivity index (χ4v) is 2.60. The van der Waals surface area contributed by atoms with Gasteiger partial charge in [0.2, 0.25) is 0 Å². The summed E-state index contributed by atoms with van der Waals surface area (Å²) in [6.07, 6.45) is 0. The Bertz CT molecular complexity index is 512. The van der Waals surface area contributed by atoms with Crippen LogP contribution in [0.2, 0.25) is 0 Å². The summed E-state index contributed by atoms with van der Waals surface area (Å²) in [5, 5.41) is 2.52. The molecule has 80 valence electrons. The van der Waals surface area contributed by atoms with Crippen molar-refractivity contribution in [1.82, 2.24) is 4.72 Å². The van der Waals surface area contributed by atoms with Crippen LogP contribution in [-0.2, 0) is 17.8 Å². The molecule has 0 fully saturated rings. The zero-order valence-electron chi connectivity index (χ0n) is 7.53. The summed E-state index contributed by atoms with van der Waals surface area (Å²) >= 11 is -1.01. The first kappa shape index (κ1) is 10.7. The Hall–Kier alpha value is -0.820. The van der Waals surface area contributed by atoms with Crippen molar-refractivity contribution in [3.05, 3.63) is 35.0 Å². The molecule has 1 aromatic heterocycles. The van der Waals surface area contributed by atoms with E-state index in [4.69, 9.17) is 0 Å². The smallest absolute Gasteiger partial charge is 0.140 e. The molecule has 3 nitrogen and oxygen atoms in total. The van der Waals surface area contributed by atoms with E-state index in [-0.39, 0.29) is 12.4 Å². The number of hydrogen-bond donors (Lipinski definition) is 1. The van der Waals surface area contributed by atoms with Crippen molar-refractivity contribution >= 4 is 32.7 Å². The zero-order chi connectivity index (χ0) is 10.8. The van der Waals surface area contributed by atoms with Crippen molar-refractivity contribution in [2.45, 2.75) is 6.54 Å². The molecule has 1 N–H and O–H groups in total. The summed E-state index contributed by atoms with van der Waals surface area (Å²) in [7, 11) is 0. The first-order chi connectivity index (χ1) is 7.18. The lowest BCUT2D eigenvalue weighted by atomic mass is 10.2. The second kappa shape index (κ2) is 4.36. The van der Waals surface area contributed by atoms with Gasteiger partial charge in [0.25, 0.3) is 0 Å². The molecule has 2 aromatic rings. The Labute approximate surface area is 92.3 Å². The third-order valence-electron chi connectivity index (χ3n) is 2.01. The van der Waals surface area contributed by atoms with Crippen molar-refractivity contribution in [2.24, 2.45) is 0 Å². The molecular formula is C9H7FNO2S2-. The standard InChI is InChI=1S/C9H8FNO2S2/c10-8-3-1-2-7-6(4-11-15(12)13)5-14-9(7)8/h1-3,5,11H,4H2,(H,12,13)/p-1. The van der Waals surface area contributed by atoms with Gasteiger partial charge in [-0.05, 0) is 22.4 Å². The molecule has 6 heteroatoms. The van der Waals surface area contributed by atoms with E-state index in [0.29, 0.717) is 4.70 Å². The molecule has 0 aliphatic rings. The van der Waals surface area contributed by atoms with Crippen LogP contribution in [-0.4, -0.2) is 8.76 Å². The van der Waals surface area contributed by atoms with Gasteiger partial charge >= 0.3 is 0 Å². The zero-order valence-corrected chi connectivity index (χ0v) is 9.16. The number of fused-ring (bicyclic) bond motifs is 1. The van der Waals surface area contributed by atoms with Crippen LogP contribution in [0.4, 0.5) is 4.39 Å². The normalized spacial score (nSPS) is 13.2. The fourth-order valence-electron chi connectivity index (χ4n) is 1.35. The molecule has 0 bridgehead atoms.